The zero-order valence-corrected chi connectivity index (χ0v) is 15.8. The van der Waals surface area contributed by atoms with Crippen molar-refractivity contribution in [2.75, 3.05) is 16.8 Å². The number of halogens is 1. The third kappa shape index (κ3) is 4.56. The largest absolute Gasteiger partial charge is 0.331 e. The van der Waals surface area contributed by atoms with Crippen molar-refractivity contribution in [3.63, 3.8) is 0 Å². The Morgan fingerprint density at radius 3 is 2.92 bits per heavy atom. The van der Waals surface area contributed by atoms with Gasteiger partial charge in [-0.25, -0.2) is 4.98 Å². The molecule has 0 fully saturated rings. The molecule has 24 heavy (non-hydrogen) atoms. The first-order valence-electron chi connectivity index (χ1n) is 8.14. The van der Waals surface area contributed by atoms with Crippen LogP contribution in [0, 0.1) is 0 Å². The molecule has 0 bridgehead atoms. The molecule has 0 aliphatic heterocycles. The van der Waals surface area contributed by atoms with E-state index >= 15 is 0 Å². The number of nitrogens with zero attached hydrogens (tertiary/aromatic N) is 2. The molecule has 126 valence electrons. The highest BCUT2D eigenvalue weighted by molar-refractivity contribution is 7.80. The molecule has 1 aromatic heterocycles. The average molecular weight is 378 g/mol. The van der Waals surface area contributed by atoms with Gasteiger partial charge < -0.3 is 5.32 Å². The molecule has 1 heterocycles. The second-order valence-corrected chi connectivity index (χ2v) is 7.40. The molecule has 2 aromatic rings. The first-order valence-corrected chi connectivity index (χ1v) is 9.81. The highest BCUT2D eigenvalue weighted by atomic mass is 35.5. The summed E-state index contributed by atoms with van der Waals surface area (Å²) in [5, 5.41) is 7.44. The Morgan fingerprint density at radius 2 is 2.21 bits per heavy atom. The monoisotopic (exact) mass is 377 g/mol. The summed E-state index contributed by atoms with van der Waals surface area (Å²) in [6.45, 7) is 0.829. The summed E-state index contributed by atoms with van der Waals surface area (Å²) >= 11 is 13.5. The smallest absolute Gasteiger partial charge is 0.191 e. The van der Waals surface area contributed by atoms with E-state index in [2.05, 4.69) is 21.3 Å². The number of thiocarbonyl (C=S) groups is 1. The lowest BCUT2D eigenvalue weighted by atomic mass is 9.97. The van der Waals surface area contributed by atoms with E-state index in [0.29, 0.717) is 10.1 Å². The molecule has 0 unspecified atom stereocenters. The third-order valence-corrected chi connectivity index (χ3v) is 5.50. The summed E-state index contributed by atoms with van der Waals surface area (Å²) in [7, 11) is 0. The van der Waals surface area contributed by atoms with Crippen LogP contribution in [0.25, 0.3) is 0 Å². The molecule has 3 nitrogen and oxygen atoms in total. The summed E-state index contributed by atoms with van der Waals surface area (Å²) in [6, 6.07) is 7.63. The van der Waals surface area contributed by atoms with Crippen LogP contribution in [0.1, 0.15) is 32.1 Å². The Bertz CT molecular complexity index is 713. The van der Waals surface area contributed by atoms with Crippen LogP contribution in [-0.2, 0) is 0 Å². The molecule has 0 saturated heterocycles. The van der Waals surface area contributed by atoms with Crippen LogP contribution in [-0.4, -0.2) is 16.6 Å². The Hall–Kier alpha value is -1.43. The molecule has 1 aliphatic carbocycles. The van der Waals surface area contributed by atoms with Crippen molar-refractivity contribution in [1.29, 1.82) is 0 Å². The molecule has 1 N–H and O–H groups in total. The van der Waals surface area contributed by atoms with Crippen molar-refractivity contribution < 1.29 is 0 Å². The zero-order chi connectivity index (χ0) is 16.8. The lowest BCUT2D eigenvalue weighted by molar-refractivity contribution is 0.675. The van der Waals surface area contributed by atoms with Crippen molar-refractivity contribution >= 4 is 51.1 Å². The summed E-state index contributed by atoms with van der Waals surface area (Å²) in [4.78, 5) is 6.50. The quantitative estimate of drug-likeness (QED) is 0.519. The maximum atomic E-state index is 6.23. The van der Waals surface area contributed by atoms with Crippen LogP contribution in [0.2, 0.25) is 5.02 Å². The van der Waals surface area contributed by atoms with Crippen LogP contribution >= 0.6 is 35.2 Å². The minimum Gasteiger partial charge on any atom is -0.331 e. The second kappa shape index (κ2) is 8.60. The van der Waals surface area contributed by atoms with Gasteiger partial charge >= 0.3 is 0 Å². The van der Waals surface area contributed by atoms with Crippen molar-refractivity contribution in [2.45, 2.75) is 32.1 Å². The summed E-state index contributed by atoms with van der Waals surface area (Å²) in [6.07, 6.45) is 10.2. The van der Waals surface area contributed by atoms with Gasteiger partial charge in [0.2, 0.25) is 0 Å². The van der Waals surface area contributed by atoms with E-state index in [0.717, 1.165) is 23.8 Å². The average Bonchev–Trinajstić information content (AvgIpc) is 3.12. The predicted molar refractivity (Wildman–Crippen MR) is 108 cm³/mol. The minimum atomic E-state index is 0.634. The summed E-state index contributed by atoms with van der Waals surface area (Å²) < 4.78 is 0. The molecule has 0 radical (unpaired) electrons. The van der Waals surface area contributed by atoms with E-state index in [-0.39, 0.29) is 0 Å². The number of hydrogen-bond acceptors (Lipinski definition) is 3. The Kier molecular flexibility index (Phi) is 6.24. The van der Waals surface area contributed by atoms with Gasteiger partial charge in [-0.2, -0.15) is 0 Å². The van der Waals surface area contributed by atoms with Gasteiger partial charge in [-0.3, -0.25) is 4.90 Å². The van der Waals surface area contributed by atoms with Crippen molar-refractivity contribution in [1.82, 2.24) is 4.98 Å². The number of thiazole rings is 1. The number of allylic oxidation sites excluding steroid dienone is 1. The van der Waals surface area contributed by atoms with Gasteiger partial charge in [0.15, 0.2) is 10.2 Å². The highest BCUT2D eigenvalue weighted by Gasteiger charge is 2.16. The van der Waals surface area contributed by atoms with E-state index in [1.807, 2.05) is 35.8 Å². The number of rotatable bonds is 5. The predicted octanol–water partition coefficient (Wildman–Crippen LogP) is 5.89. The standard InChI is InChI=1S/C18H20ClN3S2/c19-15-8-4-5-9-16(15)21-17(23)22(18-20-11-13-24-18)12-10-14-6-2-1-3-7-14/h4-6,8-9,11,13H,1-3,7,10,12H2,(H,21,23). The van der Waals surface area contributed by atoms with Crippen LogP contribution in [0.5, 0.6) is 0 Å². The highest BCUT2D eigenvalue weighted by Crippen LogP contribution is 2.25. The first-order chi connectivity index (χ1) is 11.7. The van der Waals surface area contributed by atoms with Crippen molar-refractivity contribution in [3.05, 3.63) is 52.5 Å². The SMILES string of the molecule is S=C(Nc1ccccc1Cl)N(CCC1=CCCCC1)c1nccs1. The summed E-state index contributed by atoms with van der Waals surface area (Å²) in [5.41, 5.74) is 2.35. The maximum absolute atomic E-state index is 6.23. The number of aromatic nitrogens is 1. The van der Waals surface area contributed by atoms with Crippen LogP contribution in [0.15, 0.2) is 47.5 Å². The normalized spacial score (nSPS) is 14.1. The fourth-order valence-corrected chi connectivity index (χ4v) is 3.97. The summed E-state index contributed by atoms with van der Waals surface area (Å²) in [5.74, 6) is 0. The first kappa shape index (κ1) is 17.4. The fraction of sp³-hybridized carbons (Fsp3) is 0.333. The van der Waals surface area contributed by atoms with Gasteiger partial charge in [0.25, 0.3) is 0 Å². The number of benzene rings is 1. The fourth-order valence-electron chi connectivity index (χ4n) is 2.77. The number of hydrogen-bond donors (Lipinski definition) is 1. The van der Waals surface area contributed by atoms with Crippen LogP contribution in [0.4, 0.5) is 10.8 Å². The van der Waals surface area contributed by atoms with Gasteiger partial charge in [-0.1, -0.05) is 35.4 Å². The van der Waals surface area contributed by atoms with E-state index in [9.17, 15) is 0 Å². The topological polar surface area (TPSA) is 28.2 Å². The lowest BCUT2D eigenvalue weighted by Crippen LogP contribution is -2.35. The van der Waals surface area contributed by atoms with E-state index in [1.54, 1.807) is 11.3 Å². The molecule has 1 aliphatic rings. The molecule has 0 atom stereocenters. The Morgan fingerprint density at radius 1 is 1.33 bits per heavy atom. The second-order valence-electron chi connectivity index (χ2n) is 5.73. The molecule has 6 heteroatoms. The Labute approximate surface area is 157 Å². The molecular formula is C18H20ClN3S2. The van der Waals surface area contributed by atoms with Gasteiger partial charge in [0, 0.05) is 18.1 Å². The Balaban J connectivity index is 1.71. The minimum absolute atomic E-state index is 0.634. The van der Waals surface area contributed by atoms with E-state index < -0.39 is 0 Å². The van der Waals surface area contributed by atoms with Gasteiger partial charge in [-0.05, 0) is 56.5 Å². The number of para-hydroxylation sites is 1. The van der Waals surface area contributed by atoms with Crippen LogP contribution < -0.4 is 10.2 Å². The van der Waals surface area contributed by atoms with Gasteiger partial charge in [0.1, 0.15) is 0 Å². The zero-order valence-electron chi connectivity index (χ0n) is 13.4. The van der Waals surface area contributed by atoms with Gasteiger partial charge in [0.05, 0.1) is 10.7 Å². The maximum Gasteiger partial charge on any atom is 0.191 e. The molecule has 0 amide bonds. The van der Waals surface area contributed by atoms with Crippen molar-refractivity contribution in [3.8, 4) is 0 Å². The third-order valence-electron chi connectivity index (χ3n) is 4.05. The van der Waals surface area contributed by atoms with Crippen molar-refractivity contribution in [2.24, 2.45) is 0 Å². The molecule has 3 rings (SSSR count). The number of anilines is 2. The van der Waals surface area contributed by atoms with E-state index in [1.165, 1.54) is 31.3 Å². The molecular weight excluding hydrogens is 358 g/mol. The van der Waals surface area contributed by atoms with E-state index in [4.69, 9.17) is 23.8 Å². The molecule has 1 aromatic carbocycles. The van der Waals surface area contributed by atoms with Crippen LogP contribution in [0.3, 0.4) is 0 Å². The van der Waals surface area contributed by atoms with Gasteiger partial charge in [-0.15, -0.1) is 11.3 Å². The lowest BCUT2D eigenvalue weighted by Gasteiger charge is -2.25. The molecule has 0 spiro atoms. The molecule has 0 saturated carbocycles. The number of nitrogens with one attached hydrogen (secondary N) is 1.